The molecular formula is C16H16BrN3O3. The fourth-order valence-electron chi connectivity index (χ4n) is 1.83. The van der Waals surface area contributed by atoms with E-state index in [1.165, 1.54) is 6.21 Å². The van der Waals surface area contributed by atoms with Gasteiger partial charge in [-0.05, 0) is 52.3 Å². The Morgan fingerprint density at radius 2 is 1.78 bits per heavy atom. The fourth-order valence-corrected chi connectivity index (χ4v) is 2.25. The lowest BCUT2D eigenvalue weighted by atomic mass is 10.2. The molecule has 1 amide bonds. The third-order valence-corrected chi connectivity index (χ3v) is 3.73. The van der Waals surface area contributed by atoms with Gasteiger partial charge >= 0.3 is 0 Å². The van der Waals surface area contributed by atoms with Crippen LogP contribution < -0.4 is 20.6 Å². The van der Waals surface area contributed by atoms with Crippen molar-refractivity contribution in [3.05, 3.63) is 52.0 Å². The zero-order chi connectivity index (χ0) is 16.8. The summed E-state index contributed by atoms with van der Waals surface area (Å²) in [4.78, 5) is 11.9. The third-order valence-electron chi connectivity index (χ3n) is 3.05. The van der Waals surface area contributed by atoms with Gasteiger partial charge in [0.15, 0.2) is 11.5 Å². The molecule has 0 saturated carbocycles. The summed E-state index contributed by atoms with van der Waals surface area (Å²) in [5.74, 6) is 0.849. The second kappa shape index (κ2) is 7.64. The number of benzene rings is 2. The maximum atomic E-state index is 11.9. The van der Waals surface area contributed by atoms with Gasteiger partial charge in [0.05, 0.1) is 20.4 Å². The number of rotatable bonds is 5. The third kappa shape index (κ3) is 4.23. The number of nitrogens with one attached hydrogen (secondary N) is 1. The number of amides is 1. The van der Waals surface area contributed by atoms with E-state index in [1.54, 1.807) is 50.6 Å². The van der Waals surface area contributed by atoms with Crippen LogP contribution in [0.15, 0.2) is 46.0 Å². The highest BCUT2D eigenvalue weighted by molar-refractivity contribution is 9.10. The first-order valence-electron chi connectivity index (χ1n) is 6.65. The Morgan fingerprint density at radius 1 is 1.17 bits per heavy atom. The Labute approximate surface area is 142 Å². The van der Waals surface area contributed by atoms with E-state index in [2.05, 4.69) is 26.5 Å². The van der Waals surface area contributed by atoms with Gasteiger partial charge in [0.25, 0.3) is 5.91 Å². The lowest BCUT2D eigenvalue weighted by molar-refractivity contribution is 0.0955. The Hall–Kier alpha value is -2.54. The molecule has 0 aromatic heterocycles. The Morgan fingerprint density at radius 3 is 2.39 bits per heavy atom. The molecule has 0 bridgehead atoms. The number of carbonyl (C=O) groups excluding carboxylic acids is 1. The van der Waals surface area contributed by atoms with Gasteiger partial charge in [0.1, 0.15) is 0 Å². The van der Waals surface area contributed by atoms with Crippen LogP contribution in [-0.2, 0) is 0 Å². The number of ether oxygens (including phenoxy) is 2. The highest BCUT2D eigenvalue weighted by Gasteiger charge is 2.08. The zero-order valence-corrected chi connectivity index (χ0v) is 14.3. The molecule has 2 rings (SSSR count). The minimum absolute atomic E-state index is 0.321. The predicted molar refractivity (Wildman–Crippen MR) is 93.2 cm³/mol. The van der Waals surface area contributed by atoms with Gasteiger partial charge in [0.2, 0.25) is 0 Å². The molecule has 0 radical (unpaired) electrons. The van der Waals surface area contributed by atoms with E-state index < -0.39 is 0 Å². The van der Waals surface area contributed by atoms with Crippen molar-refractivity contribution in [2.75, 3.05) is 20.0 Å². The van der Waals surface area contributed by atoms with Crippen molar-refractivity contribution < 1.29 is 14.3 Å². The summed E-state index contributed by atoms with van der Waals surface area (Å²) in [6, 6.07) is 10.1. The monoisotopic (exact) mass is 377 g/mol. The van der Waals surface area contributed by atoms with E-state index in [-0.39, 0.29) is 5.91 Å². The SMILES string of the molecule is COc1cc(Br)c(/C=N\NC(=O)c2ccc(N)cc2)cc1OC. The first kappa shape index (κ1) is 16.8. The normalized spacial score (nSPS) is 10.6. The van der Waals surface area contributed by atoms with Gasteiger partial charge in [-0.2, -0.15) is 5.10 Å². The molecule has 0 aliphatic rings. The van der Waals surface area contributed by atoms with Crippen LogP contribution in [0.2, 0.25) is 0 Å². The molecule has 0 spiro atoms. The summed E-state index contributed by atoms with van der Waals surface area (Å²) in [6.07, 6.45) is 1.52. The lowest BCUT2D eigenvalue weighted by Crippen LogP contribution is -2.17. The van der Waals surface area contributed by atoms with Crippen molar-refractivity contribution in [3.63, 3.8) is 0 Å². The number of halogens is 1. The van der Waals surface area contributed by atoms with E-state index in [9.17, 15) is 4.79 Å². The van der Waals surface area contributed by atoms with Gasteiger partial charge in [0, 0.05) is 21.3 Å². The van der Waals surface area contributed by atoms with Crippen LogP contribution in [0.5, 0.6) is 11.5 Å². The molecule has 0 saturated heterocycles. The van der Waals surface area contributed by atoms with Crippen LogP contribution in [0.1, 0.15) is 15.9 Å². The summed E-state index contributed by atoms with van der Waals surface area (Å²) in [6.45, 7) is 0. The molecule has 3 N–H and O–H groups in total. The van der Waals surface area contributed by atoms with Crippen LogP contribution in [0.3, 0.4) is 0 Å². The Balaban J connectivity index is 2.11. The van der Waals surface area contributed by atoms with Gasteiger partial charge in [-0.3, -0.25) is 4.79 Å². The Kier molecular flexibility index (Phi) is 5.59. The number of hydrazone groups is 1. The number of carbonyl (C=O) groups is 1. The molecular weight excluding hydrogens is 362 g/mol. The average molecular weight is 378 g/mol. The smallest absolute Gasteiger partial charge is 0.271 e. The minimum Gasteiger partial charge on any atom is -0.493 e. The maximum absolute atomic E-state index is 11.9. The van der Waals surface area contributed by atoms with Crippen molar-refractivity contribution >= 4 is 33.7 Å². The van der Waals surface area contributed by atoms with Gasteiger partial charge in [-0.25, -0.2) is 5.43 Å². The quantitative estimate of drug-likeness (QED) is 0.476. The van der Waals surface area contributed by atoms with Crippen molar-refractivity contribution in [2.24, 2.45) is 5.10 Å². The predicted octanol–water partition coefficient (Wildman–Crippen LogP) is 2.81. The molecule has 0 aliphatic carbocycles. The summed E-state index contributed by atoms with van der Waals surface area (Å²) in [7, 11) is 3.11. The van der Waals surface area contributed by atoms with Crippen molar-refractivity contribution in [1.29, 1.82) is 0 Å². The summed E-state index contributed by atoms with van der Waals surface area (Å²) >= 11 is 3.42. The van der Waals surface area contributed by atoms with Crippen molar-refractivity contribution in [3.8, 4) is 11.5 Å². The number of hydrogen-bond donors (Lipinski definition) is 2. The molecule has 0 atom stereocenters. The first-order valence-corrected chi connectivity index (χ1v) is 7.45. The molecule has 0 fully saturated rings. The highest BCUT2D eigenvalue weighted by atomic mass is 79.9. The molecule has 7 heteroatoms. The first-order chi connectivity index (χ1) is 11.0. The second-order valence-electron chi connectivity index (χ2n) is 4.55. The molecule has 120 valence electrons. The lowest BCUT2D eigenvalue weighted by Gasteiger charge is -2.09. The van der Waals surface area contributed by atoms with Gasteiger partial charge in [-0.15, -0.1) is 0 Å². The zero-order valence-electron chi connectivity index (χ0n) is 12.7. The largest absolute Gasteiger partial charge is 0.493 e. The molecule has 0 unspecified atom stereocenters. The van der Waals surface area contributed by atoms with Crippen LogP contribution in [0, 0.1) is 0 Å². The van der Waals surface area contributed by atoms with Crippen LogP contribution in [-0.4, -0.2) is 26.3 Å². The number of anilines is 1. The van der Waals surface area contributed by atoms with Crippen molar-refractivity contribution in [1.82, 2.24) is 5.43 Å². The number of methoxy groups -OCH3 is 2. The second-order valence-corrected chi connectivity index (χ2v) is 5.40. The van der Waals surface area contributed by atoms with E-state index in [0.29, 0.717) is 22.7 Å². The summed E-state index contributed by atoms with van der Waals surface area (Å²) in [5.41, 5.74) is 9.85. The number of nitrogens with two attached hydrogens (primary N) is 1. The molecule has 23 heavy (non-hydrogen) atoms. The molecule has 0 heterocycles. The molecule has 2 aromatic carbocycles. The standard InChI is InChI=1S/C16H16BrN3O3/c1-22-14-7-11(13(17)8-15(14)23-2)9-19-20-16(21)10-3-5-12(18)6-4-10/h3-9H,18H2,1-2H3,(H,20,21)/b19-9-. The van der Waals surface area contributed by atoms with Gasteiger partial charge < -0.3 is 15.2 Å². The number of nitrogens with zero attached hydrogens (tertiary/aromatic N) is 1. The van der Waals surface area contributed by atoms with Gasteiger partial charge in [-0.1, -0.05) is 0 Å². The van der Waals surface area contributed by atoms with E-state index in [1.807, 2.05) is 0 Å². The number of nitrogen functional groups attached to an aromatic ring is 1. The van der Waals surface area contributed by atoms with E-state index in [0.717, 1.165) is 10.0 Å². The molecule has 0 aliphatic heterocycles. The molecule has 2 aromatic rings. The minimum atomic E-state index is -0.321. The van der Waals surface area contributed by atoms with Crippen LogP contribution >= 0.6 is 15.9 Å². The maximum Gasteiger partial charge on any atom is 0.271 e. The van der Waals surface area contributed by atoms with E-state index >= 15 is 0 Å². The topological polar surface area (TPSA) is 85.9 Å². The summed E-state index contributed by atoms with van der Waals surface area (Å²) < 4.78 is 11.2. The van der Waals surface area contributed by atoms with Crippen LogP contribution in [0.25, 0.3) is 0 Å². The summed E-state index contributed by atoms with van der Waals surface area (Å²) in [5, 5.41) is 3.95. The van der Waals surface area contributed by atoms with Crippen molar-refractivity contribution in [2.45, 2.75) is 0 Å². The highest BCUT2D eigenvalue weighted by Crippen LogP contribution is 2.32. The van der Waals surface area contributed by atoms with E-state index in [4.69, 9.17) is 15.2 Å². The molecule has 6 nitrogen and oxygen atoms in total. The fraction of sp³-hybridized carbons (Fsp3) is 0.125. The Bertz CT molecular complexity index is 730. The number of hydrogen-bond acceptors (Lipinski definition) is 5. The van der Waals surface area contributed by atoms with Crippen LogP contribution in [0.4, 0.5) is 5.69 Å². The average Bonchev–Trinajstić information content (AvgIpc) is 2.56.